The standard InChI is InChI=1S/C42H27BN2O/c1-2-14-29(15-3-1)44-36-22-7-5-20-34(36)43-35-21-6-8-23-37(35)45(39-25-12-24-38(44)41(39)43)30-16-10-13-28(27-30)31-18-11-19-33-32-17-4-9-26-40(32)46-42(31)33/h1-27H. The van der Waals surface area contributed by atoms with Crippen LogP contribution in [0.25, 0.3) is 33.1 Å². The second kappa shape index (κ2) is 9.75. The number of furan rings is 1. The topological polar surface area (TPSA) is 19.6 Å². The lowest BCUT2D eigenvalue weighted by Crippen LogP contribution is -2.61. The fourth-order valence-corrected chi connectivity index (χ4v) is 7.76. The van der Waals surface area contributed by atoms with Gasteiger partial charge in [0.1, 0.15) is 11.2 Å². The van der Waals surface area contributed by atoms with Crippen molar-refractivity contribution in [3.8, 4) is 11.1 Å². The monoisotopic (exact) mass is 586 g/mol. The Hall–Kier alpha value is -6.00. The van der Waals surface area contributed by atoms with E-state index < -0.39 is 0 Å². The van der Waals surface area contributed by atoms with Crippen molar-refractivity contribution in [2.24, 2.45) is 0 Å². The molecule has 1 aromatic heterocycles. The van der Waals surface area contributed by atoms with E-state index in [1.807, 2.05) is 12.1 Å². The molecule has 0 saturated heterocycles. The summed E-state index contributed by atoms with van der Waals surface area (Å²) in [5.74, 6) is 0. The zero-order valence-corrected chi connectivity index (χ0v) is 25.0. The summed E-state index contributed by atoms with van der Waals surface area (Å²) in [5.41, 5.74) is 15.2. The van der Waals surface area contributed by atoms with Crippen LogP contribution in [-0.4, -0.2) is 6.71 Å². The quantitative estimate of drug-likeness (QED) is 0.192. The first-order valence-electron chi connectivity index (χ1n) is 15.8. The Bertz CT molecular complexity index is 2470. The lowest BCUT2D eigenvalue weighted by atomic mass is 9.33. The third-order valence-electron chi connectivity index (χ3n) is 9.64. The van der Waals surface area contributed by atoms with Crippen LogP contribution >= 0.6 is 0 Å². The number of fused-ring (bicyclic) bond motifs is 7. The highest BCUT2D eigenvalue weighted by Gasteiger charge is 2.42. The molecule has 0 N–H and O–H groups in total. The van der Waals surface area contributed by atoms with Gasteiger partial charge in [0, 0.05) is 50.5 Å². The predicted octanol–water partition coefficient (Wildman–Crippen LogP) is 9.34. The molecule has 2 aliphatic rings. The predicted molar refractivity (Wildman–Crippen MR) is 193 cm³/mol. The molecule has 10 rings (SSSR count). The van der Waals surface area contributed by atoms with Gasteiger partial charge < -0.3 is 14.2 Å². The molecule has 7 aromatic carbocycles. The zero-order chi connectivity index (χ0) is 30.2. The first kappa shape index (κ1) is 25.3. The van der Waals surface area contributed by atoms with Crippen molar-refractivity contribution in [2.75, 3.05) is 9.80 Å². The van der Waals surface area contributed by atoms with Crippen LogP contribution in [0.2, 0.25) is 0 Å². The van der Waals surface area contributed by atoms with E-state index in [1.165, 1.54) is 39.1 Å². The second-order valence-corrected chi connectivity index (χ2v) is 12.1. The van der Waals surface area contributed by atoms with Crippen molar-refractivity contribution in [1.82, 2.24) is 0 Å². The third kappa shape index (κ3) is 3.55. The summed E-state index contributed by atoms with van der Waals surface area (Å²) in [6.45, 7) is 0.127. The van der Waals surface area contributed by atoms with Gasteiger partial charge in [-0.15, -0.1) is 0 Å². The highest BCUT2D eigenvalue weighted by molar-refractivity contribution is 7.00. The smallest absolute Gasteiger partial charge is 0.252 e. The van der Waals surface area contributed by atoms with Crippen molar-refractivity contribution >= 4 is 79.2 Å². The molecule has 46 heavy (non-hydrogen) atoms. The molecule has 8 aromatic rings. The molecule has 3 nitrogen and oxygen atoms in total. The van der Waals surface area contributed by atoms with Crippen molar-refractivity contribution in [3.63, 3.8) is 0 Å². The fourth-order valence-electron chi connectivity index (χ4n) is 7.76. The van der Waals surface area contributed by atoms with Gasteiger partial charge in [-0.2, -0.15) is 0 Å². The van der Waals surface area contributed by atoms with Gasteiger partial charge in [0.15, 0.2) is 0 Å². The van der Waals surface area contributed by atoms with E-state index in [9.17, 15) is 0 Å². The first-order valence-corrected chi connectivity index (χ1v) is 15.8. The number of hydrogen-bond donors (Lipinski definition) is 0. The summed E-state index contributed by atoms with van der Waals surface area (Å²) in [6.07, 6.45) is 0. The Balaban J connectivity index is 1.21. The minimum Gasteiger partial charge on any atom is -0.455 e. The van der Waals surface area contributed by atoms with Crippen molar-refractivity contribution in [1.29, 1.82) is 0 Å². The molecule has 214 valence electrons. The molecule has 0 radical (unpaired) electrons. The molecule has 0 unspecified atom stereocenters. The van der Waals surface area contributed by atoms with Crippen LogP contribution in [0.1, 0.15) is 0 Å². The zero-order valence-electron chi connectivity index (χ0n) is 25.0. The van der Waals surface area contributed by atoms with Gasteiger partial charge in [0.05, 0.1) is 0 Å². The van der Waals surface area contributed by atoms with Gasteiger partial charge in [-0.25, -0.2) is 0 Å². The lowest BCUT2D eigenvalue weighted by molar-refractivity contribution is 0.670. The molecule has 3 heterocycles. The van der Waals surface area contributed by atoms with Crippen LogP contribution in [0.15, 0.2) is 168 Å². The van der Waals surface area contributed by atoms with E-state index in [-0.39, 0.29) is 6.71 Å². The Morgan fingerprint density at radius 2 is 1.00 bits per heavy atom. The maximum Gasteiger partial charge on any atom is 0.252 e. The van der Waals surface area contributed by atoms with Crippen LogP contribution in [0.5, 0.6) is 0 Å². The number of benzene rings is 7. The fraction of sp³-hybridized carbons (Fsp3) is 0. The highest BCUT2D eigenvalue weighted by Crippen LogP contribution is 2.44. The van der Waals surface area contributed by atoms with Crippen LogP contribution < -0.4 is 26.2 Å². The van der Waals surface area contributed by atoms with E-state index in [2.05, 4.69) is 161 Å². The summed E-state index contributed by atoms with van der Waals surface area (Å²) in [7, 11) is 0. The van der Waals surface area contributed by atoms with E-state index in [0.29, 0.717) is 0 Å². The number of hydrogen-bond acceptors (Lipinski definition) is 3. The minimum atomic E-state index is 0.127. The molecule has 0 bridgehead atoms. The van der Waals surface area contributed by atoms with Gasteiger partial charge in [-0.1, -0.05) is 109 Å². The molecule has 0 amide bonds. The van der Waals surface area contributed by atoms with E-state index in [1.54, 1.807) is 0 Å². The molecule has 4 heteroatoms. The van der Waals surface area contributed by atoms with E-state index in [4.69, 9.17) is 4.42 Å². The van der Waals surface area contributed by atoms with E-state index >= 15 is 0 Å². The maximum atomic E-state index is 6.46. The van der Waals surface area contributed by atoms with Crippen LogP contribution in [0, 0.1) is 0 Å². The van der Waals surface area contributed by atoms with Gasteiger partial charge >= 0.3 is 0 Å². The number of para-hydroxylation sites is 5. The Morgan fingerprint density at radius 3 is 1.78 bits per heavy atom. The SMILES string of the molecule is c1ccc(N2c3ccccc3B3c4ccccc4N(c4cccc(-c5cccc6c5oc5ccccc56)c4)c4cccc2c43)cc1. The molecular formula is C42H27BN2O. The van der Waals surface area contributed by atoms with E-state index in [0.717, 1.165) is 44.4 Å². The third-order valence-corrected chi connectivity index (χ3v) is 9.64. The normalized spacial score (nSPS) is 13.1. The van der Waals surface area contributed by atoms with Gasteiger partial charge in [0.25, 0.3) is 6.71 Å². The Labute approximate surface area is 267 Å². The molecule has 0 saturated carbocycles. The summed E-state index contributed by atoms with van der Waals surface area (Å²) in [4.78, 5) is 4.87. The Kier molecular flexibility index (Phi) is 5.37. The van der Waals surface area contributed by atoms with Gasteiger partial charge in [-0.05, 0) is 76.5 Å². The van der Waals surface area contributed by atoms with Crippen molar-refractivity contribution < 1.29 is 4.42 Å². The molecule has 0 spiro atoms. The molecule has 0 aliphatic carbocycles. The van der Waals surface area contributed by atoms with Crippen molar-refractivity contribution in [3.05, 3.63) is 164 Å². The molecule has 2 aliphatic heterocycles. The van der Waals surface area contributed by atoms with Crippen LogP contribution in [0.4, 0.5) is 34.1 Å². The largest absolute Gasteiger partial charge is 0.455 e. The average Bonchev–Trinajstić information content (AvgIpc) is 3.51. The van der Waals surface area contributed by atoms with Gasteiger partial charge in [-0.3, -0.25) is 0 Å². The summed E-state index contributed by atoms with van der Waals surface area (Å²) >= 11 is 0. The minimum absolute atomic E-state index is 0.127. The molecule has 0 fully saturated rings. The summed E-state index contributed by atoms with van der Waals surface area (Å²) < 4.78 is 6.46. The van der Waals surface area contributed by atoms with Gasteiger partial charge in [0.2, 0.25) is 0 Å². The maximum absolute atomic E-state index is 6.46. The number of anilines is 6. The first-order chi connectivity index (χ1) is 22.8. The summed E-state index contributed by atoms with van der Waals surface area (Å²) in [5, 5.41) is 2.28. The summed E-state index contributed by atoms with van der Waals surface area (Å²) in [6, 6.07) is 58.9. The number of nitrogens with zero attached hydrogens (tertiary/aromatic N) is 2. The van der Waals surface area contributed by atoms with Crippen molar-refractivity contribution in [2.45, 2.75) is 0 Å². The average molecular weight is 587 g/mol. The molecule has 0 atom stereocenters. The highest BCUT2D eigenvalue weighted by atomic mass is 16.3. The second-order valence-electron chi connectivity index (χ2n) is 12.1. The van der Waals surface area contributed by atoms with Crippen LogP contribution in [-0.2, 0) is 0 Å². The van der Waals surface area contributed by atoms with Crippen LogP contribution in [0.3, 0.4) is 0 Å². The lowest BCUT2D eigenvalue weighted by Gasteiger charge is -2.44. The Morgan fingerprint density at radius 1 is 0.435 bits per heavy atom. The molecular weight excluding hydrogens is 559 g/mol. The number of rotatable bonds is 3.